The zero-order chi connectivity index (χ0) is 12.0. The molecule has 0 radical (unpaired) electrons. The maximum atomic E-state index is 10.9. The first-order chi connectivity index (χ1) is 7.65. The Morgan fingerprint density at radius 2 is 2.19 bits per heavy atom. The van der Waals surface area contributed by atoms with Gasteiger partial charge >= 0.3 is 5.97 Å². The van der Waals surface area contributed by atoms with E-state index in [4.69, 9.17) is 10.2 Å². The second-order valence-corrected chi connectivity index (χ2v) is 3.51. The number of aryl methyl sites for hydroxylation is 1. The summed E-state index contributed by atoms with van der Waals surface area (Å²) in [6, 6.07) is 3.21. The molecule has 0 aliphatic rings. The summed E-state index contributed by atoms with van der Waals surface area (Å²) in [6.45, 7) is 2.57. The molecule has 0 spiro atoms. The van der Waals surface area contributed by atoms with E-state index in [-0.39, 0.29) is 12.2 Å². The van der Waals surface area contributed by atoms with E-state index < -0.39 is 5.97 Å². The van der Waals surface area contributed by atoms with Gasteiger partial charge in [-0.15, -0.1) is 0 Å². The van der Waals surface area contributed by atoms with E-state index in [2.05, 4.69) is 10.3 Å². The van der Waals surface area contributed by atoms with Crippen LogP contribution < -0.4 is 5.32 Å². The Bertz CT molecular complexity index is 366. The molecule has 88 valence electrons. The Hall–Kier alpha value is -1.62. The van der Waals surface area contributed by atoms with Crippen molar-refractivity contribution >= 4 is 11.8 Å². The van der Waals surface area contributed by atoms with Gasteiger partial charge in [-0.1, -0.05) is 0 Å². The van der Waals surface area contributed by atoms with Gasteiger partial charge in [-0.3, -0.25) is 0 Å². The highest BCUT2D eigenvalue weighted by Gasteiger charge is 2.10. The van der Waals surface area contributed by atoms with Crippen LogP contribution >= 0.6 is 0 Å². The molecule has 0 saturated carbocycles. The molecule has 1 aromatic heterocycles. The number of pyridine rings is 1. The zero-order valence-electron chi connectivity index (χ0n) is 9.23. The van der Waals surface area contributed by atoms with Crippen LogP contribution in [0.4, 0.5) is 5.82 Å². The number of carboxylic acid groups (broad SMARTS) is 1. The molecule has 16 heavy (non-hydrogen) atoms. The van der Waals surface area contributed by atoms with E-state index in [1.54, 1.807) is 12.1 Å². The third kappa shape index (κ3) is 3.51. The van der Waals surface area contributed by atoms with Crippen LogP contribution in [0.15, 0.2) is 12.1 Å². The fourth-order valence-corrected chi connectivity index (χ4v) is 1.31. The highest BCUT2D eigenvalue weighted by atomic mass is 16.4. The number of anilines is 1. The predicted molar refractivity (Wildman–Crippen MR) is 60.7 cm³/mol. The van der Waals surface area contributed by atoms with Crippen LogP contribution in [-0.4, -0.2) is 34.3 Å². The molecular weight excluding hydrogens is 208 g/mol. The summed E-state index contributed by atoms with van der Waals surface area (Å²) in [5.41, 5.74) is 0.948. The third-order valence-corrected chi connectivity index (χ3v) is 2.14. The molecule has 0 amide bonds. The fourth-order valence-electron chi connectivity index (χ4n) is 1.31. The predicted octanol–water partition coefficient (Wildman–Crippen LogP) is 1.27. The molecule has 5 nitrogen and oxygen atoms in total. The van der Waals surface area contributed by atoms with Gasteiger partial charge in [0.25, 0.3) is 0 Å². The molecule has 0 aromatic carbocycles. The number of aliphatic hydroxyl groups excluding tert-OH is 1. The first kappa shape index (κ1) is 12.4. The Kier molecular flexibility index (Phi) is 4.72. The van der Waals surface area contributed by atoms with E-state index in [0.717, 1.165) is 12.1 Å². The van der Waals surface area contributed by atoms with E-state index in [9.17, 15) is 4.79 Å². The average Bonchev–Trinajstić information content (AvgIpc) is 2.24. The van der Waals surface area contributed by atoms with E-state index in [1.165, 1.54) is 0 Å². The number of aromatic carboxylic acids is 1. The molecule has 3 N–H and O–H groups in total. The molecule has 5 heteroatoms. The Morgan fingerprint density at radius 1 is 1.44 bits per heavy atom. The number of nitrogens with zero attached hydrogens (tertiary/aromatic N) is 1. The molecule has 0 fully saturated rings. The van der Waals surface area contributed by atoms with Crippen LogP contribution in [0.3, 0.4) is 0 Å². The summed E-state index contributed by atoms with van der Waals surface area (Å²) in [6.07, 6.45) is 1.48. The Balaban J connectivity index is 2.68. The van der Waals surface area contributed by atoms with Crippen LogP contribution in [0, 0.1) is 6.92 Å². The molecular formula is C11H16N2O3. The van der Waals surface area contributed by atoms with Crippen molar-refractivity contribution in [2.24, 2.45) is 0 Å². The molecule has 1 heterocycles. The smallest absolute Gasteiger partial charge is 0.339 e. The number of rotatable bonds is 6. The lowest BCUT2D eigenvalue weighted by atomic mass is 10.2. The van der Waals surface area contributed by atoms with Crippen molar-refractivity contribution in [3.05, 3.63) is 23.4 Å². The molecule has 0 unspecified atom stereocenters. The van der Waals surface area contributed by atoms with Gasteiger partial charge in [-0.25, -0.2) is 9.78 Å². The van der Waals surface area contributed by atoms with Crippen molar-refractivity contribution in [3.63, 3.8) is 0 Å². The molecule has 0 bridgehead atoms. The van der Waals surface area contributed by atoms with Gasteiger partial charge in [0.05, 0.1) is 0 Å². The maximum Gasteiger partial charge on any atom is 0.339 e. The van der Waals surface area contributed by atoms with Crippen LogP contribution in [0.25, 0.3) is 0 Å². The first-order valence-corrected chi connectivity index (χ1v) is 5.21. The van der Waals surface area contributed by atoms with Gasteiger partial charge in [-0.2, -0.15) is 0 Å². The SMILES string of the molecule is Cc1ccc(C(=O)O)c(NCCCCO)n1. The zero-order valence-corrected chi connectivity index (χ0v) is 9.23. The van der Waals surface area contributed by atoms with Gasteiger partial charge in [0.1, 0.15) is 11.4 Å². The lowest BCUT2D eigenvalue weighted by Gasteiger charge is -2.08. The van der Waals surface area contributed by atoms with Crippen molar-refractivity contribution in [1.82, 2.24) is 4.98 Å². The second-order valence-electron chi connectivity index (χ2n) is 3.51. The molecule has 0 atom stereocenters. The van der Waals surface area contributed by atoms with Gasteiger partial charge in [0.15, 0.2) is 0 Å². The van der Waals surface area contributed by atoms with Gasteiger partial charge in [-0.05, 0) is 31.9 Å². The largest absolute Gasteiger partial charge is 0.478 e. The lowest BCUT2D eigenvalue weighted by molar-refractivity contribution is 0.0697. The van der Waals surface area contributed by atoms with Crippen molar-refractivity contribution in [2.75, 3.05) is 18.5 Å². The Labute approximate surface area is 94.1 Å². The summed E-state index contributed by atoms with van der Waals surface area (Å²) >= 11 is 0. The van der Waals surface area contributed by atoms with E-state index in [1.807, 2.05) is 6.92 Å². The van der Waals surface area contributed by atoms with Crippen molar-refractivity contribution in [2.45, 2.75) is 19.8 Å². The van der Waals surface area contributed by atoms with Crippen molar-refractivity contribution in [1.29, 1.82) is 0 Å². The number of nitrogens with one attached hydrogen (secondary N) is 1. The molecule has 1 aromatic rings. The van der Waals surface area contributed by atoms with E-state index in [0.29, 0.717) is 18.8 Å². The second kappa shape index (κ2) is 6.07. The van der Waals surface area contributed by atoms with Gasteiger partial charge in [0, 0.05) is 18.8 Å². The molecule has 0 aliphatic carbocycles. The average molecular weight is 224 g/mol. The highest BCUT2D eigenvalue weighted by Crippen LogP contribution is 2.13. The van der Waals surface area contributed by atoms with Crippen molar-refractivity contribution < 1.29 is 15.0 Å². The minimum atomic E-state index is -0.989. The first-order valence-electron chi connectivity index (χ1n) is 5.21. The summed E-state index contributed by atoms with van der Waals surface area (Å²) in [5, 5.41) is 20.5. The van der Waals surface area contributed by atoms with Crippen LogP contribution in [0.5, 0.6) is 0 Å². The standard InChI is InChI=1S/C11H16N2O3/c1-8-4-5-9(11(15)16)10(13-8)12-6-2-3-7-14/h4-5,14H,2-3,6-7H2,1H3,(H,12,13)(H,15,16). The summed E-state index contributed by atoms with van der Waals surface area (Å²) < 4.78 is 0. The summed E-state index contributed by atoms with van der Waals surface area (Å²) in [5.74, 6) is -0.595. The quantitative estimate of drug-likeness (QED) is 0.634. The number of unbranched alkanes of at least 4 members (excludes halogenated alkanes) is 1. The maximum absolute atomic E-state index is 10.9. The minimum Gasteiger partial charge on any atom is -0.478 e. The Morgan fingerprint density at radius 3 is 2.81 bits per heavy atom. The lowest BCUT2D eigenvalue weighted by Crippen LogP contribution is -2.10. The van der Waals surface area contributed by atoms with Gasteiger partial charge < -0.3 is 15.5 Å². The highest BCUT2D eigenvalue weighted by molar-refractivity contribution is 5.93. The normalized spacial score (nSPS) is 10.1. The summed E-state index contributed by atoms with van der Waals surface area (Å²) in [7, 11) is 0. The number of carboxylic acids is 1. The van der Waals surface area contributed by atoms with Crippen LogP contribution in [0.2, 0.25) is 0 Å². The number of hydrogen-bond acceptors (Lipinski definition) is 4. The molecule has 0 saturated heterocycles. The summed E-state index contributed by atoms with van der Waals surface area (Å²) in [4.78, 5) is 15.0. The number of aliphatic hydroxyl groups is 1. The number of carbonyl (C=O) groups is 1. The third-order valence-electron chi connectivity index (χ3n) is 2.14. The monoisotopic (exact) mass is 224 g/mol. The van der Waals surface area contributed by atoms with Crippen LogP contribution in [-0.2, 0) is 0 Å². The van der Waals surface area contributed by atoms with Gasteiger partial charge in [0.2, 0.25) is 0 Å². The fraction of sp³-hybridized carbons (Fsp3) is 0.455. The molecule has 0 aliphatic heterocycles. The van der Waals surface area contributed by atoms with E-state index >= 15 is 0 Å². The number of aromatic nitrogens is 1. The number of hydrogen-bond donors (Lipinski definition) is 3. The molecule has 1 rings (SSSR count). The van der Waals surface area contributed by atoms with Crippen LogP contribution in [0.1, 0.15) is 28.9 Å². The topological polar surface area (TPSA) is 82.5 Å². The van der Waals surface area contributed by atoms with Crippen molar-refractivity contribution in [3.8, 4) is 0 Å². The minimum absolute atomic E-state index is 0.148.